The van der Waals surface area contributed by atoms with Gasteiger partial charge in [0, 0.05) is 0 Å². The Balaban J connectivity index is 0.00000243. The molecule has 3 aliphatic rings. The number of benzene rings is 4. The van der Waals surface area contributed by atoms with Crippen LogP contribution in [0.2, 0.25) is 8.35 Å². The summed E-state index contributed by atoms with van der Waals surface area (Å²) >= 11 is -3.08. The number of unbranched alkanes of at least 4 members (excludes halogenated alkanes) is 2. The molecule has 262 valence electrons. The first-order chi connectivity index (χ1) is 23.4. The first-order valence-electron chi connectivity index (χ1n) is 19.2. The molecule has 4 aromatic carbocycles. The van der Waals surface area contributed by atoms with Crippen molar-refractivity contribution in [1.29, 1.82) is 0 Å². The minimum Gasteiger partial charge on any atom is -1.00 e. The smallest absolute Gasteiger partial charge is 1.00 e. The summed E-state index contributed by atoms with van der Waals surface area (Å²) in [6.45, 7) is 13.9. The van der Waals surface area contributed by atoms with Crippen molar-refractivity contribution in [3.63, 3.8) is 0 Å². The monoisotopic (exact) mass is 870 g/mol. The average Bonchev–Trinajstić information content (AvgIpc) is 3.65. The van der Waals surface area contributed by atoms with Crippen LogP contribution >= 0.6 is 0 Å². The number of hydrogen-bond acceptors (Lipinski definition) is 0. The molecule has 1 heterocycles. The number of halogens is 2. The van der Waals surface area contributed by atoms with Crippen molar-refractivity contribution in [2.75, 3.05) is 0 Å². The van der Waals surface area contributed by atoms with Crippen LogP contribution in [0, 0.1) is 0 Å². The number of rotatable bonds is 12. The Hall–Kier alpha value is -2.19. The van der Waals surface area contributed by atoms with Gasteiger partial charge in [-0.25, -0.2) is 0 Å². The molecule has 1 aliphatic heterocycles. The van der Waals surface area contributed by atoms with Crippen LogP contribution in [0.15, 0.2) is 96.1 Å². The second-order valence-corrected chi connectivity index (χ2v) is 32.4. The van der Waals surface area contributed by atoms with Crippen molar-refractivity contribution in [3.8, 4) is 22.3 Å². The van der Waals surface area contributed by atoms with Crippen molar-refractivity contribution >= 4 is 12.2 Å². The maximum Gasteiger partial charge on any atom is -1.00 e. The summed E-state index contributed by atoms with van der Waals surface area (Å²) in [5.41, 5.74) is 18.6. The molecular weight excluding hydrogens is 814 g/mol. The van der Waals surface area contributed by atoms with Gasteiger partial charge in [-0.05, 0) is 0 Å². The van der Waals surface area contributed by atoms with Crippen molar-refractivity contribution in [2.45, 2.75) is 114 Å². The van der Waals surface area contributed by atoms with Crippen LogP contribution in [0.4, 0.5) is 0 Å². The van der Waals surface area contributed by atoms with Gasteiger partial charge in [0.25, 0.3) is 0 Å². The van der Waals surface area contributed by atoms with Crippen molar-refractivity contribution in [2.24, 2.45) is 0 Å². The summed E-state index contributed by atoms with van der Waals surface area (Å²) in [4.78, 5) is 0. The van der Waals surface area contributed by atoms with E-state index in [-0.39, 0.29) is 24.8 Å². The second kappa shape index (κ2) is 16.7. The Kier molecular flexibility index (Phi) is 13.0. The van der Waals surface area contributed by atoms with Gasteiger partial charge in [-0.15, -0.1) is 0 Å². The van der Waals surface area contributed by atoms with Gasteiger partial charge < -0.3 is 24.8 Å². The van der Waals surface area contributed by atoms with Gasteiger partial charge in [-0.3, -0.25) is 0 Å². The maximum atomic E-state index is 2.71. The van der Waals surface area contributed by atoms with E-state index in [1.807, 2.05) is 0 Å². The van der Waals surface area contributed by atoms with Crippen molar-refractivity contribution < 1.29 is 44.8 Å². The fourth-order valence-electron chi connectivity index (χ4n) is 9.41. The van der Waals surface area contributed by atoms with Gasteiger partial charge in [0.1, 0.15) is 0 Å². The molecule has 1 fully saturated rings. The van der Waals surface area contributed by atoms with Crippen molar-refractivity contribution in [1.82, 2.24) is 0 Å². The summed E-state index contributed by atoms with van der Waals surface area (Å²) in [6.07, 6.45) is 14.5. The van der Waals surface area contributed by atoms with E-state index in [1.165, 1.54) is 86.7 Å². The van der Waals surface area contributed by atoms with Crippen LogP contribution < -0.4 is 24.8 Å². The molecule has 2 atom stereocenters. The van der Waals surface area contributed by atoms with E-state index in [0.29, 0.717) is 19.2 Å². The molecule has 0 spiro atoms. The quantitative estimate of drug-likeness (QED) is 0.125. The van der Waals surface area contributed by atoms with Crippen LogP contribution in [0.5, 0.6) is 0 Å². The predicted molar refractivity (Wildman–Crippen MR) is 207 cm³/mol. The van der Waals surface area contributed by atoms with Crippen LogP contribution in [0.1, 0.15) is 139 Å². The summed E-state index contributed by atoms with van der Waals surface area (Å²) < 4.78 is 4.49. The zero-order valence-corrected chi connectivity index (χ0v) is 36.3. The topological polar surface area (TPSA) is 0 Å². The largest absolute Gasteiger partial charge is 1.00 e. The summed E-state index contributed by atoms with van der Waals surface area (Å²) in [7, 11) is 0. The second-order valence-electron chi connectivity index (χ2n) is 15.8. The zero-order chi connectivity index (χ0) is 33.4. The molecule has 7 rings (SSSR count). The third kappa shape index (κ3) is 7.10. The number of fused-ring (bicyclic) bond motifs is 2. The molecule has 0 N–H and O–H groups in total. The number of allylic oxidation sites excluding steroid dienone is 2. The molecule has 1 saturated heterocycles. The standard InChI is InChI=1S/2C22H25.C3H6.2ClH.Hf/c2*1-4-5-7-17-14-20-8-6-9-21(22(20)15-17)19-12-10-18(11-13-19)16(2)3;1-3-2;;;/h2*6,8-16H,4-5,7H2,1-3H3;1-3H2;2*1H;/q;;;;;+2/p-2. The molecule has 2 aliphatic carbocycles. The minimum atomic E-state index is -3.08. The Labute approximate surface area is 320 Å². The molecule has 0 bridgehead atoms. The summed E-state index contributed by atoms with van der Waals surface area (Å²) in [5.74, 6) is 1.12. The fraction of sp³-hybridized carbons (Fsp3) is 0.404. The Bertz CT molecular complexity index is 1690. The third-order valence-electron chi connectivity index (χ3n) is 12.2. The van der Waals surface area contributed by atoms with Crippen LogP contribution in [-0.4, -0.2) is 0 Å². The SMILES string of the molecule is CCCCC1=Cc2c(-c3ccc(C(C)C)cc3)cccc2[CH]1[Hf+2]1([CH]2C(CCCC)=Cc3c(-c4ccc(C(C)C)cc4)cccc32)[CH2]C[CH2]1.[Cl-].[Cl-]. The van der Waals surface area contributed by atoms with Gasteiger partial charge in [-0.1, -0.05) is 0 Å². The van der Waals surface area contributed by atoms with Gasteiger partial charge in [0.05, 0.1) is 0 Å². The van der Waals surface area contributed by atoms with Gasteiger partial charge in [0.2, 0.25) is 0 Å². The van der Waals surface area contributed by atoms with E-state index in [1.54, 1.807) is 33.4 Å². The van der Waals surface area contributed by atoms with Crippen molar-refractivity contribution in [3.05, 3.63) is 129 Å². The van der Waals surface area contributed by atoms with E-state index < -0.39 is 20.0 Å². The van der Waals surface area contributed by atoms with E-state index in [0.717, 1.165) is 0 Å². The molecule has 0 radical (unpaired) electrons. The molecule has 4 aromatic rings. The molecule has 0 nitrogen and oxygen atoms in total. The molecule has 50 heavy (non-hydrogen) atoms. The normalized spacial score (nSPS) is 17.8. The third-order valence-corrected chi connectivity index (χ3v) is 34.5. The Morgan fingerprint density at radius 1 is 0.560 bits per heavy atom. The van der Waals surface area contributed by atoms with Gasteiger partial charge >= 0.3 is 298 Å². The van der Waals surface area contributed by atoms with E-state index in [9.17, 15) is 0 Å². The van der Waals surface area contributed by atoms with Gasteiger partial charge in [-0.2, -0.15) is 0 Å². The zero-order valence-electron chi connectivity index (χ0n) is 31.2. The molecule has 0 aromatic heterocycles. The predicted octanol–water partition coefficient (Wildman–Crippen LogP) is 8.63. The number of hydrogen-bond donors (Lipinski definition) is 0. The Morgan fingerprint density at radius 2 is 0.960 bits per heavy atom. The first-order valence-corrected chi connectivity index (χ1v) is 28.5. The summed E-state index contributed by atoms with van der Waals surface area (Å²) in [5, 5.41) is 0. The van der Waals surface area contributed by atoms with Crippen LogP contribution in [0.25, 0.3) is 34.4 Å². The van der Waals surface area contributed by atoms with E-state index >= 15 is 0 Å². The molecule has 0 amide bonds. The van der Waals surface area contributed by atoms with Gasteiger partial charge in [0.15, 0.2) is 0 Å². The average molecular weight is 870 g/mol. The summed E-state index contributed by atoms with van der Waals surface area (Å²) in [6, 6.07) is 33.7. The first kappa shape index (κ1) is 39.0. The minimum absolute atomic E-state index is 0. The molecule has 3 heteroatoms. The Morgan fingerprint density at radius 3 is 1.28 bits per heavy atom. The molecule has 2 unspecified atom stereocenters. The van der Waals surface area contributed by atoms with E-state index in [2.05, 4.69) is 139 Å². The van der Waals surface area contributed by atoms with Crippen LogP contribution in [-0.2, 0) is 20.0 Å². The molecule has 0 saturated carbocycles. The molecular formula is C47H56Cl2Hf. The fourth-order valence-corrected chi connectivity index (χ4v) is 32.2. The van der Waals surface area contributed by atoms with E-state index in [4.69, 9.17) is 0 Å². The maximum absolute atomic E-state index is 3.08. The van der Waals surface area contributed by atoms with Crippen LogP contribution in [0.3, 0.4) is 0 Å².